The van der Waals surface area contributed by atoms with Crippen LogP contribution in [0, 0.1) is 0 Å². The van der Waals surface area contributed by atoms with Crippen LogP contribution in [0.15, 0.2) is 0 Å². The van der Waals surface area contributed by atoms with Crippen LogP contribution >= 0.6 is 0 Å². The molecule has 4 nitrogen and oxygen atoms in total. The van der Waals surface area contributed by atoms with Gasteiger partial charge in [0.2, 0.25) is 0 Å². The fourth-order valence-electron chi connectivity index (χ4n) is 1.03. The van der Waals surface area contributed by atoms with Gasteiger partial charge in [-0.05, 0) is 32.4 Å². The number of hydrogen-bond donors (Lipinski definition) is 3. The number of carbonyl (C=O) groups is 1. The zero-order valence-electron chi connectivity index (χ0n) is 8.92. The van der Waals surface area contributed by atoms with Crippen molar-refractivity contribution in [2.24, 2.45) is 0 Å². The fraction of sp³-hybridized carbons (Fsp3) is 0.889. The molecule has 0 aromatic carbocycles. The number of aliphatic hydroxyl groups is 1. The summed E-state index contributed by atoms with van der Waals surface area (Å²) in [6.45, 7) is 1.98. The van der Waals surface area contributed by atoms with E-state index in [0.29, 0.717) is 6.42 Å². The number of rotatable bonds is 9. The molecule has 4 heteroatoms. The Bertz CT molecular complexity index is 144. The summed E-state index contributed by atoms with van der Waals surface area (Å²) >= 11 is 0. The maximum Gasteiger partial charge on any atom is 0.303 e. The zero-order valence-corrected chi connectivity index (χ0v) is 7.92. The van der Waals surface area contributed by atoms with Gasteiger partial charge in [0.05, 0.1) is 0 Å². The third-order valence-corrected chi connectivity index (χ3v) is 1.75. The van der Waals surface area contributed by atoms with Crippen molar-refractivity contribution in [3.8, 4) is 0 Å². The number of carboxylic acid groups (broad SMARTS) is 1. The Labute approximate surface area is 80.5 Å². The second-order valence-electron chi connectivity index (χ2n) is 3.01. The van der Waals surface area contributed by atoms with Gasteiger partial charge < -0.3 is 15.5 Å². The molecule has 78 valence electrons. The Morgan fingerprint density at radius 2 is 2.00 bits per heavy atom. The van der Waals surface area contributed by atoms with Crippen LogP contribution in [0.25, 0.3) is 1.43 Å². The lowest BCUT2D eigenvalue weighted by molar-refractivity contribution is -0.137. The second kappa shape index (κ2) is 9.48. The van der Waals surface area contributed by atoms with E-state index >= 15 is 0 Å². The highest BCUT2D eigenvalue weighted by molar-refractivity contribution is 5.66. The molecule has 13 heavy (non-hydrogen) atoms. The normalized spacial score (nSPS) is 11.0. The quantitative estimate of drug-likeness (QED) is 0.466. The minimum Gasteiger partial charge on any atom is -0.481 e. The Balaban J connectivity index is 2.95. The predicted octanol–water partition coefficient (Wildman–Crippen LogP) is 0.603. The average molecular weight is 190 g/mol. The van der Waals surface area contributed by atoms with E-state index < -0.39 is 5.97 Å². The van der Waals surface area contributed by atoms with Crippen LogP contribution in [0.3, 0.4) is 0 Å². The summed E-state index contributed by atoms with van der Waals surface area (Å²) in [6, 6.07) is 0. The van der Waals surface area contributed by atoms with E-state index in [0.717, 1.165) is 38.8 Å². The van der Waals surface area contributed by atoms with E-state index in [1.54, 1.807) is 0 Å². The molecular formula is C9H19NO3. The van der Waals surface area contributed by atoms with E-state index in [2.05, 4.69) is 10.4 Å². The van der Waals surface area contributed by atoms with Crippen LogP contribution in [-0.2, 0) is 4.79 Å². The Morgan fingerprint density at radius 1 is 1.23 bits per heavy atom. The summed E-state index contributed by atoms with van der Waals surface area (Å²) in [5, 5.41) is 15.4. The standard InChI is InChI=1S/C9H19NO3/c11-8-4-7-10-6-3-1-2-5-9(12)13/h10-11H,1-8H2,(H,12,13)/i/hD. The Hall–Kier alpha value is -0.610. The molecule has 0 rings (SSSR count). The van der Waals surface area contributed by atoms with Gasteiger partial charge in [-0.15, -0.1) is 0 Å². The molecule has 0 bridgehead atoms. The van der Waals surface area contributed by atoms with Gasteiger partial charge >= 0.3 is 5.97 Å². The minimum absolute atomic E-state index is 0.225. The van der Waals surface area contributed by atoms with Crippen molar-refractivity contribution in [2.45, 2.75) is 32.1 Å². The van der Waals surface area contributed by atoms with Gasteiger partial charge in [0.1, 0.15) is 0 Å². The summed E-state index contributed by atoms with van der Waals surface area (Å²) < 4.78 is 6.32. The maximum atomic E-state index is 10.5. The Morgan fingerprint density at radius 3 is 2.69 bits per heavy atom. The largest absolute Gasteiger partial charge is 0.481 e. The van der Waals surface area contributed by atoms with Crippen molar-refractivity contribution in [3.63, 3.8) is 0 Å². The number of aliphatic carboxylic acids is 1. The van der Waals surface area contributed by atoms with Crippen molar-refractivity contribution < 1.29 is 15.0 Å². The highest BCUT2D eigenvalue weighted by Crippen LogP contribution is 1.98. The molecule has 0 saturated carbocycles. The molecule has 0 aliphatic carbocycles. The van der Waals surface area contributed by atoms with E-state index in [4.69, 9.17) is 6.54 Å². The molecule has 0 fully saturated rings. The summed E-state index contributed by atoms with van der Waals surface area (Å²) in [6.07, 6.45) is 3.86. The van der Waals surface area contributed by atoms with Crippen LogP contribution in [0.5, 0.6) is 0 Å². The van der Waals surface area contributed by atoms with Gasteiger partial charge in [0.15, 0.2) is 0 Å². The summed E-state index contributed by atoms with van der Waals surface area (Å²) in [4.78, 5) is 10.5. The number of carboxylic acids is 1. The van der Waals surface area contributed by atoms with Crippen molar-refractivity contribution in [1.82, 2.24) is 5.32 Å². The topological polar surface area (TPSA) is 69.6 Å². The third-order valence-electron chi connectivity index (χ3n) is 1.75. The molecule has 0 aromatic rings. The molecule has 0 amide bonds. The summed E-state index contributed by atoms with van der Waals surface area (Å²) in [7, 11) is 0. The Kier molecular flexibility index (Phi) is 7.63. The molecule has 3 N–H and O–H groups in total. The number of nitrogens with one attached hydrogen (secondary N) is 1. The number of aliphatic hydroxyl groups excluding tert-OH is 1. The molecule has 0 radical (unpaired) electrons. The lowest BCUT2D eigenvalue weighted by atomic mass is 10.2. The molecule has 0 spiro atoms. The first kappa shape index (κ1) is 10.5. The second-order valence-corrected chi connectivity index (χ2v) is 3.01. The number of unbranched alkanes of at least 4 members (excludes halogenated alkanes) is 2. The van der Waals surface area contributed by atoms with Crippen LogP contribution in [0.1, 0.15) is 32.1 Å². The third kappa shape index (κ3) is 11.4. The molecule has 0 unspecified atom stereocenters. The minimum atomic E-state index is -0.460. The van der Waals surface area contributed by atoms with Crippen molar-refractivity contribution in [2.75, 3.05) is 19.7 Å². The summed E-state index contributed by atoms with van der Waals surface area (Å²) in [5.41, 5.74) is 0. The van der Waals surface area contributed by atoms with Gasteiger partial charge in [-0.2, -0.15) is 0 Å². The number of hydrogen-bond acceptors (Lipinski definition) is 4. The molecule has 0 aromatic heterocycles. The highest BCUT2D eigenvalue weighted by Gasteiger charge is 1.95. The molecule has 0 atom stereocenters. The molecule has 0 aliphatic heterocycles. The molecule has 0 saturated heterocycles. The van der Waals surface area contributed by atoms with Crippen LogP contribution < -0.4 is 5.32 Å². The van der Waals surface area contributed by atoms with Gasteiger partial charge in [0.25, 0.3) is 1.43 Å². The highest BCUT2D eigenvalue weighted by atomic mass is 16.4. The van der Waals surface area contributed by atoms with Crippen molar-refractivity contribution >= 4 is 5.97 Å². The van der Waals surface area contributed by atoms with E-state index in [9.17, 15) is 4.79 Å². The SMILES string of the molecule is [2H]OC(=O)CCCCCNCCCO. The average Bonchev–Trinajstić information content (AvgIpc) is 2.21. The lowest BCUT2D eigenvalue weighted by Crippen LogP contribution is -2.17. The van der Waals surface area contributed by atoms with Crippen LogP contribution in [-0.4, -0.2) is 35.9 Å². The predicted molar refractivity (Wildman–Crippen MR) is 50.7 cm³/mol. The smallest absolute Gasteiger partial charge is 0.303 e. The zero-order chi connectivity index (χ0) is 10.6. The monoisotopic (exact) mass is 190 g/mol. The van der Waals surface area contributed by atoms with Crippen molar-refractivity contribution in [3.05, 3.63) is 0 Å². The molecule has 0 aliphatic rings. The van der Waals surface area contributed by atoms with Gasteiger partial charge in [-0.1, -0.05) is 6.42 Å². The van der Waals surface area contributed by atoms with Crippen LogP contribution in [0.4, 0.5) is 0 Å². The molecule has 0 heterocycles. The first-order valence-electron chi connectivity index (χ1n) is 5.19. The van der Waals surface area contributed by atoms with Crippen molar-refractivity contribution in [1.29, 1.82) is 1.43 Å². The first-order valence-corrected chi connectivity index (χ1v) is 4.79. The van der Waals surface area contributed by atoms with E-state index in [1.165, 1.54) is 0 Å². The van der Waals surface area contributed by atoms with Crippen LogP contribution in [0.2, 0.25) is 0 Å². The molecular weight excluding hydrogens is 170 g/mol. The van der Waals surface area contributed by atoms with Gasteiger partial charge in [-0.3, -0.25) is 4.79 Å². The fourth-order valence-corrected chi connectivity index (χ4v) is 1.03. The van der Waals surface area contributed by atoms with E-state index in [1.807, 2.05) is 0 Å². The maximum absolute atomic E-state index is 10.5. The first-order chi connectivity index (χ1) is 6.81. The van der Waals surface area contributed by atoms with E-state index in [-0.39, 0.29) is 6.61 Å². The van der Waals surface area contributed by atoms with Gasteiger partial charge in [-0.25, -0.2) is 0 Å². The summed E-state index contributed by atoms with van der Waals surface area (Å²) in [5.74, 6) is -0.460. The lowest BCUT2D eigenvalue weighted by Gasteiger charge is -2.02. The van der Waals surface area contributed by atoms with Gasteiger partial charge in [0, 0.05) is 13.0 Å².